The molecule has 6 heteroatoms. The Kier molecular flexibility index (Phi) is 6.27. The van der Waals surface area contributed by atoms with Gasteiger partial charge in [-0.1, -0.05) is 13.3 Å². The SMILES string of the molecule is CCCCOc1ccc(C(=O)N2CCN(Cc3nc(C4CC4)cs3)CC2)cc1. The van der Waals surface area contributed by atoms with Gasteiger partial charge in [-0.3, -0.25) is 9.69 Å². The van der Waals surface area contributed by atoms with E-state index < -0.39 is 0 Å². The van der Waals surface area contributed by atoms with E-state index in [9.17, 15) is 4.79 Å². The molecule has 1 aromatic heterocycles. The number of carbonyl (C=O) groups is 1. The number of aromatic nitrogens is 1. The summed E-state index contributed by atoms with van der Waals surface area (Å²) in [6.07, 6.45) is 4.77. The van der Waals surface area contributed by atoms with Crippen LogP contribution in [0.4, 0.5) is 0 Å². The van der Waals surface area contributed by atoms with Gasteiger partial charge in [-0.15, -0.1) is 11.3 Å². The highest BCUT2D eigenvalue weighted by Gasteiger charge is 2.27. The lowest BCUT2D eigenvalue weighted by Gasteiger charge is -2.34. The van der Waals surface area contributed by atoms with E-state index in [1.54, 1.807) is 11.3 Å². The minimum Gasteiger partial charge on any atom is -0.494 e. The molecule has 0 N–H and O–H groups in total. The van der Waals surface area contributed by atoms with E-state index in [0.29, 0.717) is 0 Å². The number of nitrogens with zero attached hydrogens (tertiary/aromatic N) is 3. The topological polar surface area (TPSA) is 45.7 Å². The van der Waals surface area contributed by atoms with Crippen LogP contribution in [0.5, 0.6) is 5.75 Å². The van der Waals surface area contributed by atoms with Gasteiger partial charge in [0.1, 0.15) is 10.8 Å². The average Bonchev–Trinajstić information content (AvgIpc) is 3.48. The molecule has 0 spiro atoms. The van der Waals surface area contributed by atoms with Crippen molar-refractivity contribution in [3.05, 3.63) is 45.9 Å². The maximum Gasteiger partial charge on any atom is 0.253 e. The molecule has 1 saturated heterocycles. The second-order valence-electron chi connectivity index (χ2n) is 7.74. The van der Waals surface area contributed by atoms with Crippen LogP contribution in [0.1, 0.15) is 59.6 Å². The van der Waals surface area contributed by atoms with Gasteiger partial charge in [0.05, 0.1) is 18.8 Å². The van der Waals surface area contributed by atoms with Crippen molar-refractivity contribution in [2.24, 2.45) is 0 Å². The molecule has 0 radical (unpaired) electrons. The Labute approximate surface area is 171 Å². The molecular formula is C22H29N3O2S. The number of rotatable bonds is 8. The molecule has 5 nitrogen and oxygen atoms in total. The summed E-state index contributed by atoms with van der Waals surface area (Å²) in [7, 11) is 0. The van der Waals surface area contributed by atoms with Gasteiger partial charge in [0.25, 0.3) is 5.91 Å². The van der Waals surface area contributed by atoms with Crippen molar-refractivity contribution in [2.45, 2.75) is 45.1 Å². The van der Waals surface area contributed by atoms with Crippen molar-refractivity contribution in [2.75, 3.05) is 32.8 Å². The number of amides is 1. The molecule has 1 aromatic carbocycles. The standard InChI is InChI=1S/C22H29N3O2S/c1-2-3-14-27-19-8-6-18(7-9-19)22(26)25-12-10-24(11-13-25)15-21-23-20(16-28-21)17-4-5-17/h6-9,16-17H,2-5,10-15H2,1H3. The number of thiazole rings is 1. The van der Waals surface area contributed by atoms with Gasteiger partial charge in [0.15, 0.2) is 0 Å². The van der Waals surface area contributed by atoms with E-state index >= 15 is 0 Å². The molecule has 0 bridgehead atoms. The minimum atomic E-state index is 0.116. The number of unbranched alkanes of at least 4 members (excludes halogenated alkanes) is 1. The van der Waals surface area contributed by atoms with E-state index in [1.165, 1.54) is 23.5 Å². The number of hydrogen-bond donors (Lipinski definition) is 0. The lowest BCUT2D eigenvalue weighted by Crippen LogP contribution is -2.48. The number of hydrogen-bond acceptors (Lipinski definition) is 5. The molecule has 1 saturated carbocycles. The number of piperazine rings is 1. The summed E-state index contributed by atoms with van der Waals surface area (Å²) >= 11 is 1.78. The molecule has 28 heavy (non-hydrogen) atoms. The number of carbonyl (C=O) groups excluding carboxylic acids is 1. The zero-order valence-corrected chi connectivity index (χ0v) is 17.4. The fraction of sp³-hybridized carbons (Fsp3) is 0.545. The molecule has 2 aromatic rings. The predicted octanol–water partition coefficient (Wildman–Crippen LogP) is 4.16. The third-order valence-electron chi connectivity index (χ3n) is 5.45. The average molecular weight is 400 g/mol. The Morgan fingerprint density at radius 1 is 1.18 bits per heavy atom. The zero-order valence-electron chi connectivity index (χ0n) is 16.6. The quantitative estimate of drug-likeness (QED) is 0.626. The van der Waals surface area contributed by atoms with Crippen LogP contribution in [0.3, 0.4) is 0 Å². The molecule has 0 atom stereocenters. The third-order valence-corrected chi connectivity index (χ3v) is 6.30. The molecule has 4 rings (SSSR count). The maximum absolute atomic E-state index is 12.8. The first-order chi connectivity index (χ1) is 13.7. The van der Waals surface area contributed by atoms with Crippen LogP contribution in [0.15, 0.2) is 29.6 Å². The minimum absolute atomic E-state index is 0.116. The Morgan fingerprint density at radius 3 is 2.61 bits per heavy atom. The summed E-state index contributed by atoms with van der Waals surface area (Å²) in [5, 5.41) is 3.43. The van der Waals surface area contributed by atoms with Crippen LogP contribution in [0, 0.1) is 0 Å². The van der Waals surface area contributed by atoms with Crippen molar-refractivity contribution in [3.8, 4) is 5.75 Å². The second-order valence-corrected chi connectivity index (χ2v) is 8.68. The summed E-state index contributed by atoms with van der Waals surface area (Å²) in [5.41, 5.74) is 2.03. The van der Waals surface area contributed by atoms with Gasteiger partial charge >= 0.3 is 0 Å². The van der Waals surface area contributed by atoms with E-state index in [-0.39, 0.29) is 5.91 Å². The molecule has 1 amide bonds. The molecule has 1 aliphatic carbocycles. The fourth-order valence-electron chi connectivity index (χ4n) is 3.48. The predicted molar refractivity (Wildman–Crippen MR) is 112 cm³/mol. The summed E-state index contributed by atoms with van der Waals surface area (Å²) in [6.45, 7) is 7.14. The van der Waals surface area contributed by atoms with Crippen LogP contribution in [-0.4, -0.2) is 53.5 Å². The van der Waals surface area contributed by atoms with Crippen molar-refractivity contribution < 1.29 is 9.53 Å². The van der Waals surface area contributed by atoms with Crippen LogP contribution < -0.4 is 4.74 Å². The van der Waals surface area contributed by atoms with Crippen LogP contribution in [0.25, 0.3) is 0 Å². The molecular weight excluding hydrogens is 370 g/mol. The van der Waals surface area contributed by atoms with Crippen LogP contribution >= 0.6 is 11.3 Å². The van der Waals surface area contributed by atoms with Crippen LogP contribution in [0.2, 0.25) is 0 Å². The normalized spacial score (nSPS) is 17.7. The molecule has 150 valence electrons. The zero-order chi connectivity index (χ0) is 19.3. The lowest BCUT2D eigenvalue weighted by molar-refractivity contribution is 0.0628. The highest BCUT2D eigenvalue weighted by atomic mass is 32.1. The Hall–Kier alpha value is -1.92. The van der Waals surface area contributed by atoms with Gasteiger partial charge in [-0.05, 0) is 43.5 Å². The number of ether oxygens (including phenoxy) is 1. The van der Waals surface area contributed by atoms with Crippen molar-refractivity contribution in [3.63, 3.8) is 0 Å². The molecule has 2 heterocycles. The van der Waals surface area contributed by atoms with Gasteiger partial charge in [0, 0.05) is 43.0 Å². The van der Waals surface area contributed by atoms with Gasteiger partial charge in [-0.2, -0.15) is 0 Å². The van der Waals surface area contributed by atoms with E-state index in [0.717, 1.165) is 69.4 Å². The van der Waals surface area contributed by atoms with Crippen molar-refractivity contribution in [1.82, 2.24) is 14.8 Å². The van der Waals surface area contributed by atoms with E-state index in [2.05, 4.69) is 17.2 Å². The van der Waals surface area contributed by atoms with Gasteiger partial charge in [-0.25, -0.2) is 4.98 Å². The highest BCUT2D eigenvalue weighted by molar-refractivity contribution is 7.09. The molecule has 2 fully saturated rings. The second kappa shape index (κ2) is 9.05. The van der Waals surface area contributed by atoms with Gasteiger partial charge in [0.2, 0.25) is 0 Å². The van der Waals surface area contributed by atoms with Crippen LogP contribution in [-0.2, 0) is 6.54 Å². The smallest absolute Gasteiger partial charge is 0.253 e. The summed E-state index contributed by atoms with van der Waals surface area (Å²) in [6, 6.07) is 7.56. The largest absolute Gasteiger partial charge is 0.494 e. The molecule has 2 aliphatic rings. The fourth-order valence-corrected chi connectivity index (χ4v) is 4.39. The Balaban J connectivity index is 1.25. The third kappa shape index (κ3) is 4.92. The summed E-state index contributed by atoms with van der Waals surface area (Å²) < 4.78 is 5.68. The van der Waals surface area contributed by atoms with Crippen molar-refractivity contribution in [1.29, 1.82) is 0 Å². The van der Waals surface area contributed by atoms with Crippen molar-refractivity contribution >= 4 is 17.2 Å². The Morgan fingerprint density at radius 2 is 1.93 bits per heavy atom. The first-order valence-corrected chi connectivity index (χ1v) is 11.3. The first-order valence-electron chi connectivity index (χ1n) is 10.4. The van der Waals surface area contributed by atoms with Gasteiger partial charge < -0.3 is 9.64 Å². The highest BCUT2D eigenvalue weighted by Crippen LogP contribution is 2.40. The Bertz CT molecular complexity index is 777. The lowest BCUT2D eigenvalue weighted by atomic mass is 10.1. The first kappa shape index (κ1) is 19.4. The number of benzene rings is 1. The van der Waals surface area contributed by atoms with E-state index in [1.807, 2.05) is 29.2 Å². The molecule has 0 unspecified atom stereocenters. The van der Waals surface area contributed by atoms with E-state index in [4.69, 9.17) is 9.72 Å². The summed E-state index contributed by atoms with van der Waals surface area (Å²) in [4.78, 5) is 21.9. The monoisotopic (exact) mass is 399 g/mol. The summed E-state index contributed by atoms with van der Waals surface area (Å²) in [5.74, 6) is 1.68. The maximum atomic E-state index is 12.8. The molecule has 1 aliphatic heterocycles.